The fourth-order valence-electron chi connectivity index (χ4n) is 3.83. The summed E-state index contributed by atoms with van der Waals surface area (Å²) in [6, 6.07) is 14.2. The van der Waals surface area contributed by atoms with Gasteiger partial charge in [0, 0.05) is 11.6 Å². The molecule has 1 fully saturated rings. The Kier molecular flexibility index (Phi) is 4.94. The first-order valence-corrected chi connectivity index (χ1v) is 9.62. The van der Waals surface area contributed by atoms with Crippen LogP contribution in [0.5, 0.6) is 0 Å². The first-order chi connectivity index (χ1) is 13.1. The minimum atomic E-state index is 0.0811. The summed E-state index contributed by atoms with van der Waals surface area (Å²) in [5.74, 6) is 1.22. The van der Waals surface area contributed by atoms with E-state index in [-0.39, 0.29) is 11.8 Å². The number of aryl methyl sites for hydroxylation is 2. The van der Waals surface area contributed by atoms with E-state index in [9.17, 15) is 4.79 Å². The second kappa shape index (κ2) is 7.53. The standard InChI is InChI=1S/C22H26N4O/c1-15-7-8-18(16(2)13-15)25-22(27)17-9-11-26(12-10-17)14-21-23-19-5-3-4-6-20(19)24-21/h3-8,13,17H,9-12,14H2,1-2H3,(H,23,24)(H,25,27). The van der Waals surface area contributed by atoms with Crippen molar-refractivity contribution in [2.24, 2.45) is 5.92 Å². The van der Waals surface area contributed by atoms with Crippen LogP contribution in [0, 0.1) is 19.8 Å². The third kappa shape index (κ3) is 4.03. The van der Waals surface area contributed by atoms with E-state index in [1.165, 1.54) is 5.56 Å². The minimum absolute atomic E-state index is 0.0811. The lowest BCUT2D eigenvalue weighted by Crippen LogP contribution is -2.38. The fraction of sp³-hybridized carbons (Fsp3) is 0.364. The Bertz CT molecular complexity index is 921. The summed E-state index contributed by atoms with van der Waals surface area (Å²) >= 11 is 0. The SMILES string of the molecule is Cc1ccc(NC(=O)C2CCN(Cc3nc4ccccc4[nH]3)CC2)c(C)c1. The highest BCUT2D eigenvalue weighted by Gasteiger charge is 2.25. The molecule has 2 aromatic carbocycles. The normalized spacial score (nSPS) is 15.9. The smallest absolute Gasteiger partial charge is 0.227 e. The summed E-state index contributed by atoms with van der Waals surface area (Å²) in [6.07, 6.45) is 1.77. The molecule has 2 heterocycles. The van der Waals surface area contributed by atoms with Crippen LogP contribution in [0.15, 0.2) is 42.5 Å². The van der Waals surface area contributed by atoms with Crippen molar-refractivity contribution >= 4 is 22.6 Å². The molecule has 0 saturated carbocycles. The molecule has 0 radical (unpaired) electrons. The summed E-state index contributed by atoms with van der Waals surface area (Å²) in [4.78, 5) is 23.1. The predicted molar refractivity (Wildman–Crippen MR) is 109 cm³/mol. The lowest BCUT2D eigenvalue weighted by atomic mass is 9.95. The lowest BCUT2D eigenvalue weighted by Gasteiger charge is -2.30. The van der Waals surface area contributed by atoms with Gasteiger partial charge < -0.3 is 10.3 Å². The van der Waals surface area contributed by atoms with Crippen molar-refractivity contribution in [2.75, 3.05) is 18.4 Å². The average Bonchev–Trinajstić information content (AvgIpc) is 3.07. The molecule has 27 heavy (non-hydrogen) atoms. The van der Waals surface area contributed by atoms with Crippen molar-refractivity contribution in [2.45, 2.75) is 33.2 Å². The lowest BCUT2D eigenvalue weighted by molar-refractivity contribution is -0.121. The zero-order chi connectivity index (χ0) is 18.8. The van der Waals surface area contributed by atoms with Crippen LogP contribution in [0.2, 0.25) is 0 Å². The van der Waals surface area contributed by atoms with Gasteiger partial charge >= 0.3 is 0 Å². The Labute approximate surface area is 159 Å². The van der Waals surface area contributed by atoms with Crippen molar-refractivity contribution in [1.29, 1.82) is 0 Å². The number of anilines is 1. The maximum absolute atomic E-state index is 12.6. The van der Waals surface area contributed by atoms with Crippen molar-refractivity contribution in [3.8, 4) is 0 Å². The molecule has 0 spiro atoms. The predicted octanol–water partition coefficient (Wildman–Crippen LogP) is 4.03. The molecule has 1 aliphatic rings. The quantitative estimate of drug-likeness (QED) is 0.737. The number of benzene rings is 2. The summed E-state index contributed by atoms with van der Waals surface area (Å²) in [7, 11) is 0. The number of likely N-dealkylation sites (tertiary alicyclic amines) is 1. The van der Waals surface area contributed by atoms with Crippen molar-refractivity contribution in [3.63, 3.8) is 0 Å². The van der Waals surface area contributed by atoms with E-state index < -0.39 is 0 Å². The molecular formula is C22H26N4O. The molecule has 0 atom stereocenters. The molecule has 4 rings (SSSR count). The van der Waals surface area contributed by atoms with E-state index in [0.717, 1.165) is 60.6 Å². The molecule has 5 nitrogen and oxygen atoms in total. The molecule has 1 amide bonds. The van der Waals surface area contributed by atoms with Gasteiger partial charge in [0.05, 0.1) is 17.6 Å². The number of H-pyrrole nitrogens is 1. The van der Waals surface area contributed by atoms with E-state index >= 15 is 0 Å². The second-order valence-electron chi connectivity index (χ2n) is 7.56. The number of imidazole rings is 1. The van der Waals surface area contributed by atoms with Gasteiger partial charge in [0.25, 0.3) is 0 Å². The Morgan fingerprint density at radius 3 is 2.70 bits per heavy atom. The van der Waals surface area contributed by atoms with E-state index in [2.05, 4.69) is 39.2 Å². The number of amides is 1. The second-order valence-corrected chi connectivity index (χ2v) is 7.56. The van der Waals surface area contributed by atoms with E-state index in [4.69, 9.17) is 0 Å². The molecule has 1 aromatic heterocycles. The molecule has 1 aliphatic heterocycles. The van der Waals surface area contributed by atoms with Gasteiger partial charge in [0.2, 0.25) is 5.91 Å². The summed E-state index contributed by atoms with van der Waals surface area (Å²) in [5, 5.41) is 3.11. The molecule has 140 valence electrons. The topological polar surface area (TPSA) is 61.0 Å². The Morgan fingerprint density at radius 2 is 1.96 bits per heavy atom. The monoisotopic (exact) mass is 362 g/mol. The maximum atomic E-state index is 12.6. The minimum Gasteiger partial charge on any atom is -0.341 e. The van der Waals surface area contributed by atoms with Crippen LogP contribution >= 0.6 is 0 Å². The number of hydrogen-bond donors (Lipinski definition) is 2. The molecular weight excluding hydrogens is 336 g/mol. The Balaban J connectivity index is 1.32. The first kappa shape index (κ1) is 17.7. The number of aromatic nitrogens is 2. The molecule has 0 unspecified atom stereocenters. The summed E-state index contributed by atoms with van der Waals surface area (Å²) in [5.41, 5.74) is 5.34. The van der Waals surface area contributed by atoms with Crippen molar-refractivity contribution in [3.05, 3.63) is 59.4 Å². The highest BCUT2D eigenvalue weighted by Crippen LogP contribution is 2.23. The van der Waals surface area contributed by atoms with Crippen LogP contribution in [0.4, 0.5) is 5.69 Å². The maximum Gasteiger partial charge on any atom is 0.227 e. The van der Waals surface area contributed by atoms with Crippen LogP contribution in [0.3, 0.4) is 0 Å². The number of para-hydroxylation sites is 2. The molecule has 2 N–H and O–H groups in total. The van der Waals surface area contributed by atoms with E-state index in [1.807, 2.05) is 37.3 Å². The van der Waals surface area contributed by atoms with Gasteiger partial charge in [-0.2, -0.15) is 0 Å². The number of fused-ring (bicyclic) bond motifs is 1. The van der Waals surface area contributed by atoms with Crippen LogP contribution in [-0.2, 0) is 11.3 Å². The zero-order valence-corrected chi connectivity index (χ0v) is 16.0. The largest absolute Gasteiger partial charge is 0.341 e. The zero-order valence-electron chi connectivity index (χ0n) is 16.0. The Hall–Kier alpha value is -2.66. The number of piperidine rings is 1. The van der Waals surface area contributed by atoms with Crippen molar-refractivity contribution in [1.82, 2.24) is 14.9 Å². The molecule has 1 saturated heterocycles. The van der Waals surface area contributed by atoms with E-state index in [0.29, 0.717) is 0 Å². The van der Waals surface area contributed by atoms with Gasteiger partial charge in [0.15, 0.2) is 0 Å². The average molecular weight is 362 g/mol. The summed E-state index contributed by atoms with van der Waals surface area (Å²) in [6.45, 7) is 6.75. The third-order valence-corrected chi connectivity index (χ3v) is 5.41. The molecule has 5 heteroatoms. The fourth-order valence-corrected chi connectivity index (χ4v) is 3.83. The molecule has 0 aliphatic carbocycles. The van der Waals surface area contributed by atoms with Crippen LogP contribution in [0.1, 0.15) is 29.8 Å². The van der Waals surface area contributed by atoms with E-state index in [1.54, 1.807) is 0 Å². The molecule has 3 aromatic rings. The van der Waals surface area contributed by atoms with Gasteiger partial charge in [-0.25, -0.2) is 4.98 Å². The highest BCUT2D eigenvalue weighted by atomic mass is 16.1. The van der Waals surface area contributed by atoms with Gasteiger partial charge in [-0.3, -0.25) is 9.69 Å². The third-order valence-electron chi connectivity index (χ3n) is 5.41. The van der Waals surface area contributed by atoms with Crippen LogP contribution < -0.4 is 5.32 Å². The Morgan fingerprint density at radius 1 is 1.19 bits per heavy atom. The number of carbonyl (C=O) groups is 1. The van der Waals surface area contributed by atoms with Crippen LogP contribution in [-0.4, -0.2) is 33.9 Å². The summed E-state index contributed by atoms with van der Waals surface area (Å²) < 4.78 is 0. The number of carbonyl (C=O) groups excluding carboxylic acids is 1. The van der Waals surface area contributed by atoms with Crippen molar-refractivity contribution < 1.29 is 4.79 Å². The molecule has 0 bridgehead atoms. The van der Waals surface area contributed by atoms with Gasteiger partial charge in [0.1, 0.15) is 5.82 Å². The first-order valence-electron chi connectivity index (χ1n) is 9.62. The highest BCUT2D eigenvalue weighted by molar-refractivity contribution is 5.93. The number of rotatable bonds is 4. The van der Waals surface area contributed by atoms with Gasteiger partial charge in [-0.1, -0.05) is 29.8 Å². The number of hydrogen-bond acceptors (Lipinski definition) is 3. The van der Waals surface area contributed by atoms with Gasteiger partial charge in [-0.05, 0) is 63.5 Å². The van der Waals surface area contributed by atoms with Crippen LogP contribution in [0.25, 0.3) is 11.0 Å². The number of aromatic amines is 1. The number of nitrogens with zero attached hydrogens (tertiary/aromatic N) is 2. The van der Waals surface area contributed by atoms with Gasteiger partial charge in [-0.15, -0.1) is 0 Å². The number of nitrogens with one attached hydrogen (secondary N) is 2.